The van der Waals surface area contributed by atoms with Gasteiger partial charge < -0.3 is 14.9 Å². The lowest BCUT2D eigenvalue weighted by atomic mass is 9.76. The van der Waals surface area contributed by atoms with Gasteiger partial charge in [-0.15, -0.1) is 0 Å². The minimum Gasteiger partial charge on any atom is -0.395 e. The number of nitrogens with zero attached hydrogens (tertiary/aromatic N) is 2. The number of hydrogen-bond donors (Lipinski definition) is 1. The lowest BCUT2D eigenvalue weighted by Crippen LogP contribution is -2.38. The van der Waals surface area contributed by atoms with Crippen LogP contribution in [0.25, 0.3) is 0 Å². The number of fused-ring (bicyclic) bond motifs is 1. The van der Waals surface area contributed by atoms with Crippen molar-refractivity contribution in [2.24, 2.45) is 11.3 Å². The molecule has 30 heavy (non-hydrogen) atoms. The Morgan fingerprint density at radius 3 is 2.63 bits per heavy atom. The number of aliphatic hydroxyl groups excluding tert-OH is 1. The summed E-state index contributed by atoms with van der Waals surface area (Å²) >= 11 is 0. The molecule has 0 bridgehead atoms. The van der Waals surface area contributed by atoms with Crippen LogP contribution in [0.3, 0.4) is 0 Å². The van der Waals surface area contributed by atoms with E-state index in [0.717, 1.165) is 32.0 Å². The Morgan fingerprint density at radius 1 is 1.07 bits per heavy atom. The van der Waals surface area contributed by atoms with Gasteiger partial charge in [-0.2, -0.15) is 0 Å². The first-order valence-corrected chi connectivity index (χ1v) is 10.6. The first kappa shape index (κ1) is 20.9. The summed E-state index contributed by atoms with van der Waals surface area (Å²) < 4.78 is 27.5. The maximum atomic E-state index is 14.0. The fourth-order valence-electron chi connectivity index (χ4n) is 5.15. The summed E-state index contributed by atoms with van der Waals surface area (Å²) in [6.45, 7) is 3.74. The summed E-state index contributed by atoms with van der Waals surface area (Å²) in [7, 11) is 0. The van der Waals surface area contributed by atoms with Gasteiger partial charge in [0, 0.05) is 43.7 Å². The molecule has 1 amide bonds. The maximum absolute atomic E-state index is 14.0. The Morgan fingerprint density at radius 2 is 1.87 bits per heavy atom. The molecule has 2 aliphatic rings. The summed E-state index contributed by atoms with van der Waals surface area (Å²) in [5.74, 6) is -1.67. The zero-order chi connectivity index (χ0) is 21.1. The third-order valence-corrected chi connectivity index (χ3v) is 6.73. The Kier molecular flexibility index (Phi) is 6.16. The van der Waals surface area contributed by atoms with Crippen LogP contribution in [0.2, 0.25) is 0 Å². The van der Waals surface area contributed by atoms with Crippen LogP contribution in [0.4, 0.5) is 8.78 Å². The standard InChI is InChI=1S/C24H28F2N2O2/c25-21-8-4-7-19(23(21)26)13-22(30)28-15-20-14-27(11-12-29)16-24(20,17-28)10-9-18-5-2-1-3-6-18/h1-8,20,29H,9-17H2/t20-,24+/m0/s1. The summed E-state index contributed by atoms with van der Waals surface area (Å²) in [5, 5.41) is 9.36. The van der Waals surface area contributed by atoms with Crippen molar-refractivity contribution in [3.05, 3.63) is 71.3 Å². The number of carbonyl (C=O) groups is 1. The van der Waals surface area contributed by atoms with E-state index in [1.807, 2.05) is 23.1 Å². The fourth-order valence-corrected chi connectivity index (χ4v) is 5.15. The average Bonchev–Trinajstić information content (AvgIpc) is 3.25. The van der Waals surface area contributed by atoms with Crippen molar-refractivity contribution in [2.45, 2.75) is 19.3 Å². The number of benzene rings is 2. The van der Waals surface area contributed by atoms with Crippen LogP contribution in [0, 0.1) is 23.0 Å². The second-order valence-electron chi connectivity index (χ2n) is 8.67. The van der Waals surface area contributed by atoms with E-state index >= 15 is 0 Å². The molecule has 0 aliphatic carbocycles. The van der Waals surface area contributed by atoms with Crippen molar-refractivity contribution in [1.29, 1.82) is 0 Å². The summed E-state index contributed by atoms with van der Waals surface area (Å²) in [5.41, 5.74) is 1.36. The third-order valence-electron chi connectivity index (χ3n) is 6.73. The quantitative estimate of drug-likeness (QED) is 0.758. The van der Waals surface area contributed by atoms with E-state index in [-0.39, 0.29) is 29.9 Å². The van der Waals surface area contributed by atoms with E-state index in [1.165, 1.54) is 17.7 Å². The molecular formula is C24H28F2N2O2. The van der Waals surface area contributed by atoms with Gasteiger partial charge in [0.2, 0.25) is 5.91 Å². The highest BCUT2D eigenvalue weighted by atomic mass is 19.2. The van der Waals surface area contributed by atoms with E-state index < -0.39 is 11.6 Å². The van der Waals surface area contributed by atoms with Crippen LogP contribution in [0.1, 0.15) is 17.5 Å². The maximum Gasteiger partial charge on any atom is 0.227 e. The molecule has 0 aromatic heterocycles. The normalized spacial score (nSPS) is 23.7. The molecule has 2 aliphatic heterocycles. The molecule has 0 unspecified atom stereocenters. The molecule has 2 aromatic carbocycles. The van der Waals surface area contributed by atoms with Crippen molar-refractivity contribution in [2.75, 3.05) is 39.3 Å². The van der Waals surface area contributed by atoms with E-state index in [4.69, 9.17) is 0 Å². The molecule has 2 fully saturated rings. The Bertz CT molecular complexity index is 892. The largest absolute Gasteiger partial charge is 0.395 e. The molecule has 0 spiro atoms. The van der Waals surface area contributed by atoms with Crippen molar-refractivity contribution in [3.8, 4) is 0 Å². The zero-order valence-electron chi connectivity index (χ0n) is 17.1. The molecule has 2 heterocycles. The summed E-state index contributed by atoms with van der Waals surface area (Å²) in [6.07, 6.45) is 1.78. The first-order valence-electron chi connectivity index (χ1n) is 10.6. The Labute approximate surface area is 176 Å². The minimum absolute atomic E-state index is 0.0266. The van der Waals surface area contributed by atoms with Crippen LogP contribution < -0.4 is 0 Å². The van der Waals surface area contributed by atoms with E-state index in [1.54, 1.807) is 0 Å². The zero-order valence-corrected chi connectivity index (χ0v) is 17.1. The van der Waals surface area contributed by atoms with Gasteiger partial charge in [0.15, 0.2) is 11.6 Å². The topological polar surface area (TPSA) is 43.8 Å². The lowest BCUT2D eigenvalue weighted by molar-refractivity contribution is -0.130. The molecule has 2 atom stereocenters. The smallest absolute Gasteiger partial charge is 0.227 e. The number of hydrogen-bond acceptors (Lipinski definition) is 3. The molecule has 0 radical (unpaired) electrons. The minimum atomic E-state index is -0.932. The van der Waals surface area contributed by atoms with Gasteiger partial charge in [0.05, 0.1) is 13.0 Å². The molecular weight excluding hydrogens is 386 g/mol. The van der Waals surface area contributed by atoms with Crippen molar-refractivity contribution in [1.82, 2.24) is 9.80 Å². The van der Waals surface area contributed by atoms with Gasteiger partial charge >= 0.3 is 0 Å². The molecule has 2 aromatic rings. The third kappa shape index (κ3) is 4.25. The van der Waals surface area contributed by atoms with Crippen LogP contribution in [-0.2, 0) is 17.6 Å². The van der Waals surface area contributed by atoms with E-state index in [0.29, 0.717) is 25.6 Å². The van der Waals surface area contributed by atoms with Crippen LogP contribution >= 0.6 is 0 Å². The number of carbonyl (C=O) groups excluding carboxylic acids is 1. The molecule has 4 nitrogen and oxygen atoms in total. The predicted molar refractivity (Wildman–Crippen MR) is 111 cm³/mol. The van der Waals surface area contributed by atoms with Crippen LogP contribution in [0.15, 0.2) is 48.5 Å². The molecule has 160 valence electrons. The highest BCUT2D eigenvalue weighted by Crippen LogP contribution is 2.45. The molecule has 4 rings (SSSR count). The second kappa shape index (κ2) is 8.82. The number of likely N-dealkylation sites (tertiary alicyclic amines) is 2. The highest BCUT2D eigenvalue weighted by Gasteiger charge is 2.52. The predicted octanol–water partition coefficient (Wildman–Crippen LogP) is 2.89. The van der Waals surface area contributed by atoms with Gasteiger partial charge in [-0.3, -0.25) is 4.79 Å². The summed E-state index contributed by atoms with van der Waals surface area (Å²) in [4.78, 5) is 17.0. The average molecular weight is 414 g/mol. The molecule has 6 heteroatoms. The second-order valence-corrected chi connectivity index (χ2v) is 8.67. The number of β-amino-alcohol motifs (C(OH)–C–C–N with tert-alkyl or cyclic N) is 1. The monoisotopic (exact) mass is 414 g/mol. The number of aliphatic hydroxyl groups is 1. The van der Waals surface area contributed by atoms with Crippen LogP contribution in [-0.4, -0.2) is 60.1 Å². The fraction of sp³-hybridized carbons (Fsp3) is 0.458. The number of amides is 1. The Hall–Kier alpha value is -2.31. The van der Waals surface area contributed by atoms with Crippen molar-refractivity contribution < 1.29 is 18.7 Å². The Balaban J connectivity index is 1.47. The van der Waals surface area contributed by atoms with E-state index in [9.17, 15) is 18.7 Å². The first-order chi connectivity index (χ1) is 14.5. The molecule has 1 N–H and O–H groups in total. The van der Waals surface area contributed by atoms with Gasteiger partial charge in [0.1, 0.15) is 0 Å². The van der Waals surface area contributed by atoms with Gasteiger partial charge in [-0.05, 0) is 30.4 Å². The van der Waals surface area contributed by atoms with Crippen molar-refractivity contribution in [3.63, 3.8) is 0 Å². The van der Waals surface area contributed by atoms with Gasteiger partial charge in [-0.25, -0.2) is 8.78 Å². The van der Waals surface area contributed by atoms with Gasteiger partial charge in [0.25, 0.3) is 0 Å². The van der Waals surface area contributed by atoms with Crippen molar-refractivity contribution >= 4 is 5.91 Å². The molecule has 2 saturated heterocycles. The SMILES string of the molecule is O=C(Cc1cccc(F)c1F)N1C[C@@H]2CN(CCO)C[C@]2(CCc2ccccc2)C1. The van der Waals surface area contributed by atoms with E-state index in [2.05, 4.69) is 17.0 Å². The number of rotatable bonds is 7. The van der Waals surface area contributed by atoms with Gasteiger partial charge in [-0.1, -0.05) is 42.5 Å². The summed E-state index contributed by atoms with van der Waals surface area (Å²) in [6, 6.07) is 14.3. The highest BCUT2D eigenvalue weighted by molar-refractivity contribution is 5.79. The lowest BCUT2D eigenvalue weighted by Gasteiger charge is -2.29. The number of aryl methyl sites for hydroxylation is 1. The van der Waals surface area contributed by atoms with Crippen LogP contribution in [0.5, 0.6) is 0 Å². The number of halogens is 2. The molecule has 0 saturated carbocycles.